The summed E-state index contributed by atoms with van der Waals surface area (Å²) in [7, 11) is -2.92. The van der Waals surface area contributed by atoms with Gasteiger partial charge in [0.2, 0.25) is 0 Å². The van der Waals surface area contributed by atoms with Crippen molar-refractivity contribution in [1.82, 2.24) is 9.34 Å². The van der Waals surface area contributed by atoms with Gasteiger partial charge in [0.05, 0.1) is 18.7 Å². The highest BCUT2D eigenvalue weighted by atomic mass is 31.2. The smallest absolute Gasteiger partial charge is 0.306 e. The van der Waals surface area contributed by atoms with Crippen LogP contribution < -0.4 is 0 Å². The second kappa shape index (κ2) is 5.88. The van der Waals surface area contributed by atoms with Gasteiger partial charge in [-0.25, -0.2) is 9.34 Å². The summed E-state index contributed by atoms with van der Waals surface area (Å²) in [6.07, 6.45) is 0. The molecule has 0 N–H and O–H groups in total. The maximum Gasteiger partial charge on any atom is 0.347 e. The Labute approximate surface area is 137 Å². The number of benzene rings is 2. The van der Waals surface area contributed by atoms with Crippen molar-refractivity contribution < 1.29 is 9.09 Å². The van der Waals surface area contributed by atoms with E-state index in [1.165, 1.54) is 11.1 Å². The van der Waals surface area contributed by atoms with Crippen LogP contribution in [0, 0.1) is 0 Å². The van der Waals surface area contributed by atoms with Gasteiger partial charge < -0.3 is 4.52 Å². The van der Waals surface area contributed by atoms with Crippen LogP contribution in [0.15, 0.2) is 60.7 Å². The molecule has 2 aromatic rings. The fourth-order valence-electron chi connectivity index (χ4n) is 3.19. The molecular weight excluding hydrogens is 307 g/mol. The molecule has 0 aliphatic carbocycles. The lowest BCUT2D eigenvalue weighted by Gasteiger charge is -2.21. The van der Waals surface area contributed by atoms with E-state index in [1.807, 2.05) is 52.7 Å². The van der Waals surface area contributed by atoms with E-state index in [2.05, 4.69) is 24.3 Å². The lowest BCUT2D eigenvalue weighted by Crippen LogP contribution is -2.09. The predicted molar refractivity (Wildman–Crippen MR) is 91.0 cm³/mol. The molecule has 4 atom stereocenters. The lowest BCUT2D eigenvalue weighted by molar-refractivity contribution is 0.283. The van der Waals surface area contributed by atoms with Crippen LogP contribution in [0.2, 0.25) is 0 Å². The van der Waals surface area contributed by atoms with Crippen LogP contribution in [0.1, 0.15) is 30.1 Å². The van der Waals surface area contributed by atoms with Crippen LogP contribution >= 0.6 is 7.67 Å². The Morgan fingerprint density at radius 3 is 1.74 bits per heavy atom. The monoisotopic (exact) mass is 328 g/mol. The van der Waals surface area contributed by atoms with E-state index in [4.69, 9.17) is 4.52 Å². The van der Waals surface area contributed by atoms with E-state index >= 15 is 0 Å². The molecule has 0 aromatic heterocycles. The Kier molecular flexibility index (Phi) is 3.86. The largest absolute Gasteiger partial charge is 0.347 e. The summed E-state index contributed by atoms with van der Waals surface area (Å²) >= 11 is 0. The van der Waals surface area contributed by atoms with E-state index in [-0.39, 0.29) is 12.1 Å². The van der Waals surface area contributed by atoms with Gasteiger partial charge in [0.15, 0.2) is 0 Å². The van der Waals surface area contributed by atoms with Crippen LogP contribution in [0.5, 0.6) is 0 Å². The van der Waals surface area contributed by atoms with Gasteiger partial charge in [0, 0.05) is 13.1 Å². The molecule has 0 amide bonds. The zero-order valence-corrected chi connectivity index (χ0v) is 14.1. The summed E-state index contributed by atoms with van der Waals surface area (Å²) < 4.78 is 23.4. The Morgan fingerprint density at radius 2 is 1.35 bits per heavy atom. The van der Waals surface area contributed by atoms with Gasteiger partial charge in [-0.1, -0.05) is 60.7 Å². The van der Waals surface area contributed by atoms with Crippen molar-refractivity contribution in [3.8, 4) is 0 Å². The van der Waals surface area contributed by atoms with Crippen LogP contribution in [-0.4, -0.2) is 29.0 Å². The third kappa shape index (κ3) is 2.77. The van der Waals surface area contributed by atoms with Crippen molar-refractivity contribution in [3.05, 3.63) is 71.8 Å². The molecule has 23 heavy (non-hydrogen) atoms. The molecule has 4 rings (SSSR count). The fraction of sp³-hybridized carbons (Fsp3) is 0.333. The summed E-state index contributed by atoms with van der Waals surface area (Å²) in [5.74, 6) is 0. The van der Waals surface area contributed by atoms with Crippen molar-refractivity contribution in [1.29, 1.82) is 0 Å². The first-order chi connectivity index (χ1) is 11.2. The molecule has 0 bridgehead atoms. The van der Waals surface area contributed by atoms with Gasteiger partial charge in [0.25, 0.3) is 0 Å². The molecule has 2 heterocycles. The summed E-state index contributed by atoms with van der Waals surface area (Å²) in [6, 6.07) is 20.9. The van der Waals surface area contributed by atoms with E-state index in [1.54, 1.807) is 0 Å². The van der Waals surface area contributed by atoms with Crippen molar-refractivity contribution in [3.63, 3.8) is 0 Å². The van der Waals surface area contributed by atoms with Gasteiger partial charge in [0.1, 0.15) is 0 Å². The van der Waals surface area contributed by atoms with Crippen LogP contribution in [0.25, 0.3) is 0 Å². The molecule has 0 saturated carbocycles. The molecule has 120 valence electrons. The van der Waals surface area contributed by atoms with Gasteiger partial charge in [-0.15, -0.1) is 0 Å². The Morgan fingerprint density at radius 1 is 0.913 bits per heavy atom. The standard InChI is InChI=1S/C18H21N2O2P/c1-2-22-23(21,19-13-17(19)15-9-5-3-6-10-15)20-14-18(20)16-11-7-4-8-12-16/h3-12,17-18H,2,13-14H2,1H3. The third-order valence-corrected chi connectivity index (χ3v) is 7.26. The van der Waals surface area contributed by atoms with Crippen molar-refractivity contribution in [2.75, 3.05) is 19.7 Å². The number of rotatable bonds is 6. The zero-order valence-electron chi connectivity index (χ0n) is 13.2. The van der Waals surface area contributed by atoms with Crippen molar-refractivity contribution in [2.45, 2.75) is 19.0 Å². The second-order valence-corrected chi connectivity index (χ2v) is 8.27. The Bertz CT molecular complexity index is 665. The van der Waals surface area contributed by atoms with Crippen LogP contribution in [0.4, 0.5) is 0 Å². The molecule has 4 nitrogen and oxygen atoms in total. The number of nitrogens with zero attached hydrogens (tertiary/aromatic N) is 2. The van der Waals surface area contributed by atoms with Gasteiger partial charge in [-0.3, -0.25) is 4.57 Å². The number of hydrogen-bond acceptors (Lipinski definition) is 2. The molecule has 4 unspecified atom stereocenters. The molecule has 2 aliphatic heterocycles. The van der Waals surface area contributed by atoms with Crippen molar-refractivity contribution in [2.24, 2.45) is 0 Å². The predicted octanol–water partition coefficient (Wildman–Crippen LogP) is 4.24. The average Bonchev–Trinajstić information content (AvgIpc) is 3.49. The average molecular weight is 328 g/mol. The summed E-state index contributed by atoms with van der Waals surface area (Å²) in [5, 5.41) is 0. The molecule has 2 aliphatic rings. The minimum absolute atomic E-state index is 0.214. The molecule has 2 aromatic carbocycles. The highest BCUT2D eigenvalue weighted by molar-refractivity contribution is 7.54. The van der Waals surface area contributed by atoms with Crippen molar-refractivity contribution >= 4 is 7.67 Å². The quantitative estimate of drug-likeness (QED) is 0.586. The maximum absolute atomic E-state index is 13.5. The first-order valence-corrected chi connectivity index (χ1v) is 9.66. The van der Waals surface area contributed by atoms with Gasteiger partial charge in [-0.2, -0.15) is 0 Å². The van der Waals surface area contributed by atoms with E-state index in [9.17, 15) is 4.57 Å². The van der Waals surface area contributed by atoms with Crippen LogP contribution in [0.3, 0.4) is 0 Å². The highest BCUT2D eigenvalue weighted by Crippen LogP contribution is 2.70. The first-order valence-electron chi connectivity index (χ1n) is 8.12. The Hall–Kier alpha value is -1.45. The van der Waals surface area contributed by atoms with Crippen LogP contribution in [-0.2, 0) is 9.09 Å². The lowest BCUT2D eigenvalue weighted by atomic mass is 10.2. The van der Waals surface area contributed by atoms with E-state index < -0.39 is 7.67 Å². The normalized spacial score (nSPS) is 31.3. The molecule has 0 spiro atoms. The molecule has 2 saturated heterocycles. The van der Waals surface area contributed by atoms with Gasteiger partial charge >= 0.3 is 7.67 Å². The van der Waals surface area contributed by atoms with E-state index in [0.29, 0.717) is 6.61 Å². The highest BCUT2D eigenvalue weighted by Gasteiger charge is 2.59. The minimum atomic E-state index is -2.92. The van der Waals surface area contributed by atoms with E-state index in [0.717, 1.165) is 13.1 Å². The maximum atomic E-state index is 13.5. The fourth-order valence-corrected chi connectivity index (χ4v) is 5.81. The second-order valence-electron chi connectivity index (χ2n) is 6.01. The molecular formula is C18H21N2O2P. The molecule has 0 radical (unpaired) electrons. The zero-order chi connectivity index (χ0) is 15.9. The summed E-state index contributed by atoms with van der Waals surface area (Å²) in [5.41, 5.74) is 2.43. The third-order valence-electron chi connectivity index (χ3n) is 4.49. The summed E-state index contributed by atoms with van der Waals surface area (Å²) in [4.78, 5) is 0. The minimum Gasteiger partial charge on any atom is -0.306 e. The first kappa shape index (κ1) is 15.1. The summed E-state index contributed by atoms with van der Waals surface area (Å²) in [6.45, 7) is 3.99. The molecule has 2 fully saturated rings. The van der Waals surface area contributed by atoms with Gasteiger partial charge in [-0.05, 0) is 18.1 Å². The molecule has 5 heteroatoms. The topological polar surface area (TPSA) is 32.3 Å². The number of hydrogen-bond donors (Lipinski definition) is 0. The SMILES string of the molecule is CCOP(=O)(N1CC1c1ccccc1)N1CC1c1ccccc1. The Balaban J connectivity index is 1.54.